The van der Waals surface area contributed by atoms with E-state index >= 15 is 0 Å². The summed E-state index contributed by atoms with van der Waals surface area (Å²) in [5.41, 5.74) is 8.57. The van der Waals surface area contributed by atoms with Crippen molar-refractivity contribution in [3.63, 3.8) is 0 Å². The average Bonchev–Trinajstić information content (AvgIpc) is 3.14. The smallest absolute Gasteiger partial charge is 0.216 e. The number of phenolic OH excluding ortho intramolecular Hbond substituents is 1. The molecule has 27 heavy (non-hydrogen) atoms. The van der Waals surface area contributed by atoms with Crippen molar-refractivity contribution in [2.45, 2.75) is 12.5 Å². The number of phenols is 1. The van der Waals surface area contributed by atoms with Crippen molar-refractivity contribution < 1.29 is 9.84 Å². The zero-order chi connectivity index (χ0) is 18.8. The van der Waals surface area contributed by atoms with Crippen molar-refractivity contribution in [1.29, 1.82) is 0 Å². The second kappa shape index (κ2) is 7.16. The number of aromatic nitrogens is 4. The molecule has 4 rings (SSSR count). The van der Waals surface area contributed by atoms with E-state index in [9.17, 15) is 5.11 Å². The summed E-state index contributed by atoms with van der Waals surface area (Å²) in [7, 11) is 1.55. The number of aromatic hydroxyl groups is 1. The predicted molar refractivity (Wildman–Crippen MR) is 102 cm³/mol. The molecule has 1 aliphatic rings. The van der Waals surface area contributed by atoms with E-state index in [1.807, 2.05) is 18.2 Å². The van der Waals surface area contributed by atoms with Crippen LogP contribution >= 0.6 is 0 Å². The molecule has 1 fully saturated rings. The summed E-state index contributed by atoms with van der Waals surface area (Å²) in [6, 6.07) is 11.0. The van der Waals surface area contributed by atoms with Crippen LogP contribution in [-0.4, -0.2) is 51.5 Å². The van der Waals surface area contributed by atoms with Gasteiger partial charge in [-0.2, -0.15) is 0 Å². The zero-order valence-corrected chi connectivity index (χ0v) is 14.9. The van der Waals surface area contributed by atoms with Crippen molar-refractivity contribution in [1.82, 2.24) is 20.2 Å². The fraction of sp³-hybridized carbons (Fsp3) is 0.263. The number of anilines is 1. The summed E-state index contributed by atoms with van der Waals surface area (Å²) >= 11 is 0. The normalized spacial score (nSPS) is 16.5. The molecule has 3 heterocycles. The Balaban J connectivity index is 1.59. The zero-order valence-electron chi connectivity index (χ0n) is 14.9. The number of benzene rings is 1. The number of rotatable bonds is 4. The number of nitrogens with two attached hydrogens (primary N) is 1. The predicted octanol–water partition coefficient (Wildman–Crippen LogP) is 1.85. The third kappa shape index (κ3) is 3.52. The summed E-state index contributed by atoms with van der Waals surface area (Å²) in [6.07, 6.45) is 2.38. The van der Waals surface area contributed by atoms with E-state index in [-0.39, 0.29) is 11.8 Å². The number of hydrogen-bond acceptors (Lipinski definition) is 8. The molecular weight excluding hydrogens is 344 g/mol. The van der Waals surface area contributed by atoms with Crippen LogP contribution in [0.5, 0.6) is 11.6 Å². The molecule has 3 aromatic rings. The lowest BCUT2D eigenvalue weighted by Crippen LogP contribution is -2.27. The molecule has 0 spiro atoms. The van der Waals surface area contributed by atoms with Crippen molar-refractivity contribution in [2.24, 2.45) is 5.73 Å². The van der Waals surface area contributed by atoms with Crippen molar-refractivity contribution in [2.75, 3.05) is 25.1 Å². The topological polar surface area (TPSA) is 110 Å². The molecule has 3 N–H and O–H groups in total. The Bertz CT molecular complexity index is 947. The lowest BCUT2D eigenvalue weighted by molar-refractivity contribution is 0.397. The van der Waals surface area contributed by atoms with E-state index in [4.69, 9.17) is 10.5 Å². The van der Waals surface area contributed by atoms with E-state index in [0.717, 1.165) is 30.9 Å². The highest BCUT2D eigenvalue weighted by atomic mass is 16.5. The monoisotopic (exact) mass is 364 g/mol. The van der Waals surface area contributed by atoms with Crippen LogP contribution in [0.1, 0.15) is 6.42 Å². The SMILES string of the molecule is COc1cc(-c2ccc(-c3ccc(N4CC[C@H](N)C4)nn3)c(O)c2)ncn1. The molecule has 1 aliphatic heterocycles. The van der Waals surface area contributed by atoms with Crippen LogP contribution in [0.4, 0.5) is 5.82 Å². The molecule has 2 aromatic heterocycles. The molecule has 138 valence electrons. The fourth-order valence-corrected chi connectivity index (χ4v) is 3.15. The fourth-order valence-electron chi connectivity index (χ4n) is 3.15. The Kier molecular flexibility index (Phi) is 4.55. The molecule has 0 radical (unpaired) electrons. The Morgan fingerprint density at radius 2 is 2.00 bits per heavy atom. The van der Waals surface area contributed by atoms with Gasteiger partial charge in [-0.1, -0.05) is 6.07 Å². The Morgan fingerprint density at radius 1 is 1.11 bits per heavy atom. The summed E-state index contributed by atoms with van der Waals surface area (Å²) in [6.45, 7) is 1.67. The van der Waals surface area contributed by atoms with Gasteiger partial charge >= 0.3 is 0 Å². The first kappa shape index (κ1) is 17.2. The van der Waals surface area contributed by atoms with Gasteiger partial charge in [-0.25, -0.2) is 9.97 Å². The van der Waals surface area contributed by atoms with Gasteiger partial charge in [0.1, 0.15) is 12.1 Å². The quantitative estimate of drug-likeness (QED) is 0.722. The molecule has 0 unspecified atom stereocenters. The van der Waals surface area contributed by atoms with Gasteiger partial charge in [0.2, 0.25) is 5.88 Å². The Labute approximate surface area is 156 Å². The van der Waals surface area contributed by atoms with Gasteiger partial charge in [0, 0.05) is 36.3 Å². The van der Waals surface area contributed by atoms with Gasteiger partial charge in [0.15, 0.2) is 5.82 Å². The van der Waals surface area contributed by atoms with Crippen LogP contribution in [0.25, 0.3) is 22.5 Å². The minimum atomic E-state index is 0.107. The van der Waals surface area contributed by atoms with Crippen LogP contribution in [0.15, 0.2) is 42.7 Å². The Hall–Kier alpha value is -3.26. The molecule has 8 heteroatoms. The van der Waals surface area contributed by atoms with Crippen molar-refractivity contribution >= 4 is 5.82 Å². The second-order valence-corrected chi connectivity index (χ2v) is 6.45. The van der Waals surface area contributed by atoms with E-state index in [1.165, 1.54) is 6.33 Å². The maximum Gasteiger partial charge on any atom is 0.216 e. The van der Waals surface area contributed by atoms with Gasteiger partial charge in [0.05, 0.1) is 18.5 Å². The Morgan fingerprint density at radius 3 is 2.67 bits per heavy atom. The maximum absolute atomic E-state index is 10.5. The first-order chi connectivity index (χ1) is 13.1. The standard InChI is InChI=1S/C19H20N6O2/c1-27-19-9-16(21-11-22-19)12-2-3-14(17(26)8-12)15-4-5-18(24-23-15)25-7-6-13(20)10-25/h2-5,8-9,11,13,26H,6-7,10,20H2,1H3/t13-/m0/s1. The van der Waals surface area contributed by atoms with Gasteiger partial charge in [-0.3, -0.25) is 0 Å². The van der Waals surface area contributed by atoms with Crippen molar-refractivity contribution in [3.05, 3.63) is 42.7 Å². The molecule has 0 saturated carbocycles. The minimum absolute atomic E-state index is 0.107. The maximum atomic E-state index is 10.5. The van der Waals surface area contributed by atoms with Gasteiger partial charge in [0.25, 0.3) is 0 Å². The lowest BCUT2D eigenvalue weighted by Gasteiger charge is -2.16. The molecule has 1 saturated heterocycles. The lowest BCUT2D eigenvalue weighted by atomic mass is 10.1. The number of methoxy groups -OCH3 is 1. The number of hydrogen-bond donors (Lipinski definition) is 2. The van der Waals surface area contributed by atoms with Crippen LogP contribution in [-0.2, 0) is 0 Å². The molecule has 0 aliphatic carbocycles. The molecular formula is C19H20N6O2. The summed E-state index contributed by atoms with van der Waals surface area (Å²) < 4.78 is 5.12. The van der Waals surface area contributed by atoms with Crippen LogP contribution in [0.2, 0.25) is 0 Å². The second-order valence-electron chi connectivity index (χ2n) is 6.45. The van der Waals surface area contributed by atoms with Gasteiger partial charge in [-0.15, -0.1) is 10.2 Å². The molecule has 8 nitrogen and oxygen atoms in total. The third-order valence-electron chi connectivity index (χ3n) is 4.62. The number of ether oxygens (including phenoxy) is 1. The largest absolute Gasteiger partial charge is 0.507 e. The molecule has 0 amide bonds. The van der Waals surface area contributed by atoms with Crippen molar-refractivity contribution in [3.8, 4) is 34.1 Å². The average molecular weight is 364 g/mol. The first-order valence-electron chi connectivity index (χ1n) is 8.68. The van der Waals surface area contributed by atoms with E-state index in [2.05, 4.69) is 25.1 Å². The van der Waals surface area contributed by atoms with Crippen LogP contribution < -0.4 is 15.4 Å². The molecule has 1 atom stereocenters. The molecule has 1 aromatic carbocycles. The summed E-state index contributed by atoms with van der Waals surface area (Å²) in [5, 5.41) is 19.0. The first-order valence-corrected chi connectivity index (χ1v) is 8.68. The van der Waals surface area contributed by atoms with Crippen LogP contribution in [0, 0.1) is 0 Å². The van der Waals surface area contributed by atoms with Gasteiger partial charge in [-0.05, 0) is 30.7 Å². The molecule has 0 bridgehead atoms. The minimum Gasteiger partial charge on any atom is -0.507 e. The summed E-state index contributed by atoms with van der Waals surface area (Å²) in [5.74, 6) is 1.37. The third-order valence-corrected chi connectivity index (χ3v) is 4.62. The van der Waals surface area contributed by atoms with E-state index in [0.29, 0.717) is 22.8 Å². The highest BCUT2D eigenvalue weighted by Gasteiger charge is 2.20. The highest BCUT2D eigenvalue weighted by molar-refractivity contribution is 5.73. The summed E-state index contributed by atoms with van der Waals surface area (Å²) in [4.78, 5) is 10.3. The van der Waals surface area contributed by atoms with Crippen LogP contribution in [0.3, 0.4) is 0 Å². The van der Waals surface area contributed by atoms with E-state index < -0.39 is 0 Å². The highest BCUT2D eigenvalue weighted by Crippen LogP contribution is 2.32. The number of nitrogens with zero attached hydrogens (tertiary/aromatic N) is 5. The van der Waals surface area contributed by atoms with Gasteiger partial charge < -0.3 is 20.5 Å². The van der Waals surface area contributed by atoms with E-state index in [1.54, 1.807) is 25.3 Å².